The van der Waals surface area contributed by atoms with Crippen LogP contribution in [0.1, 0.15) is 44.6 Å². The highest BCUT2D eigenvalue weighted by atomic mass is 35.5. The molecule has 0 spiro atoms. The Morgan fingerprint density at radius 3 is 2.15 bits per heavy atom. The maximum Gasteiger partial charge on any atom is 0.230 e. The summed E-state index contributed by atoms with van der Waals surface area (Å²) in [5.74, 6) is 0.397. The Hall–Kier alpha value is -2.90. The van der Waals surface area contributed by atoms with E-state index in [-0.39, 0.29) is 29.6 Å². The number of halogens is 1. The predicted octanol–water partition coefficient (Wildman–Crippen LogP) is 4.69. The minimum atomic E-state index is -0.0887. The Morgan fingerprint density at radius 1 is 0.872 bits per heavy atom. The van der Waals surface area contributed by atoms with E-state index in [4.69, 9.17) is 11.6 Å². The molecule has 210 valence electrons. The predicted molar refractivity (Wildman–Crippen MR) is 155 cm³/mol. The Morgan fingerprint density at radius 2 is 1.51 bits per heavy atom. The molecule has 3 amide bonds. The Balaban J connectivity index is 1.27. The van der Waals surface area contributed by atoms with E-state index >= 15 is 0 Å². The molecule has 0 aliphatic carbocycles. The first kappa shape index (κ1) is 29.1. The molecule has 0 N–H and O–H groups in total. The van der Waals surface area contributed by atoms with Crippen molar-refractivity contribution in [3.8, 4) is 0 Å². The van der Waals surface area contributed by atoms with Gasteiger partial charge in [0.2, 0.25) is 17.7 Å². The van der Waals surface area contributed by atoms with E-state index in [0.29, 0.717) is 44.0 Å². The molecule has 0 atom stereocenters. The molecule has 2 aromatic rings. The maximum absolute atomic E-state index is 13.6. The van der Waals surface area contributed by atoms with E-state index in [2.05, 4.69) is 17.0 Å². The monoisotopic (exact) mass is 552 g/mol. The van der Waals surface area contributed by atoms with Crippen molar-refractivity contribution < 1.29 is 14.4 Å². The molecule has 7 nitrogen and oxygen atoms in total. The maximum atomic E-state index is 13.6. The molecule has 2 fully saturated rings. The van der Waals surface area contributed by atoms with Crippen LogP contribution in [0.25, 0.3) is 0 Å². The fraction of sp³-hybridized carbons (Fsp3) is 0.516. The molecule has 4 rings (SSSR count). The number of nitrogens with zero attached hydrogens (tertiary/aromatic N) is 4. The quantitative estimate of drug-likeness (QED) is 0.453. The van der Waals surface area contributed by atoms with Gasteiger partial charge < -0.3 is 19.6 Å². The van der Waals surface area contributed by atoms with Gasteiger partial charge in [0.25, 0.3) is 0 Å². The van der Waals surface area contributed by atoms with Crippen LogP contribution in [0.2, 0.25) is 5.02 Å². The van der Waals surface area contributed by atoms with Gasteiger partial charge >= 0.3 is 0 Å². The average molecular weight is 553 g/mol. The van der Waals surface area contributed by atoms with Gasteiger partial charge in [0.15, 0.2) is 0 Å². The second kappa shape index (κ2) is 13.9. The van der Waals surface area contributed by atoms with Gasteiger partial charge in [-0.25, -0.2) is 0 Å². The van der Waals surface area contributed by atoms with Crippen molar-refractivity contribution in [2.24, 2.45) is 11.8 Å². The van der Waals surface area contributed by atoms with Gasteiger partial charge in [-0.05, 0) is 75.5 Å². The van der Waals surface area contributed by atoms with Crippen molar-refractivity contribution in [1.29, 1.82) is 0 Å². The summed E-state index contributed by atoms with van der Waals surface area (Å²) in [6.45, 7) is 6.77. The van der Waals surface area contributed by atoms with Crippen LogP contribution in [0.15, 0.2) is 54.6 Å². The largest absolute Gasteiger partial charge is 0.343 e. The molecule has 8 heteroatoms. The lowest BCUT2D eigenvalue weighted by Gasteiger charge is -2.35. The summed E-state index contributed by atoms with van der Waals surface area (Å²) in [7, 11) is 1.90. The van der Waals surface area contributed by atoms with E-state index in [1.54, 1.807) is 6.92 Å². The van der Waals surface area contributed by atoms with Gasteiger partial charge in [-0.1, -0.05) is 48.0 Å². The van der Waals surface area contributed by atoms with E-state index < -0.39 is 0 Å². The highest BCUT2D eigenvalue weighted by molar-refractivity contribution is 6.30. The summed E-state index contributed by atoms with van der Waals surface area (Å²) in [6.07, 6.45) is 3.95. The smallest absolute Gasteiger partial charge is 0.230 e. The van der Waals surface area contributed by atoms with Crippen molar-refractivity contribution in [1.82, 2.24) is 14.7 Å². The molecule has 0 radical (unpaired) electrons. The van der Waals surface area contributed by atoms with E-state index in [1.807, 2.05) is 64.2 Å². The zero-order valence-corrected chi connectivity index (χ0v) is 24.0. The number of anilines is 1. The van der Waals surface area contributed by atoms with Crippen LogP contribution in [0.5, 0.6) is 0 Å². The summed E-state index contributed by atoms with van der Waals surface area (Å²) in [6, 6.07) is 17.6. The molecule has 2 aliphatic heterocycles. The summed E-state index contributed by atoms with van der Waals surface area (Å²) < 4.78 is 0. The Kier molecular flexibility index (Phi) is 10.4. The molecule has 0 saturated carbocycles. The topological polar surface area (TPSA) is 64.2 Å². The number of piperidine rings is 2. The zero-order valence-electron chi connectivity index (χ0n) is 23.2. The van der Waals surface area contributed by atoms with E-state index in [1.165, 1.54) is 0 Å². The van der Waals surface area contributed by atoms with Crippen molar-refractivity contribution in [2.75, 3.05) is 51.2 Å². The first-order valence-electron chi connectivity index (χ1n) is 14.2. The van der Waals surface area contributed by atoms with Crippen molar-refractivity contribution >= 4 is 35.0 Å². The summed E-state index contributed by atoms with van der Waals surface area (Å²) >= 11 is 6.27. The molecule has 0 aromatic heterocycles. The van der Waals surface area contributed by atoms with Crippen LogP contribution in [-0.2, 0) is 20.9 Å². The Bertz CT molecular complexity index is 1110. The number of carbonyl (C=O) groups is 3. The number of amides is 3. The fourth-order valence-electron chi connectivity index (χ4n) is 5.78. The molecular weight excluding hydrogens is 512 g/mol. The van der Waals surface area contributed by atoms with Crippen LogP contribution < -0.4 is 4.90 Å². The number of benzene rings is 2. The SMILES string of the molecule is CC(=O)N1CCC(C(=O)N(CCCN2CCC(C(=O)N(C)Cc3ccccc3)CC2)c2cccc(Cl)c2)CC1. The lowest BCUT2D eigenvalue weighted by Crippen LogP contribution is -2.45. The number of likely N-dealkylation sites (tertiary alicyclic amines) is 2. The lowest BCUT2D eigenvalue weighted by atomic mass is 9.94. The first-order valence-corrected chi connectivity index (χ1v) is 14.5. The van der Waals surface area contributed by atoms with Gasteiger partial charge in [-0.2, -0.15) is 0 Å². The number of rotatable bonds is 9. The van der Waals surface area contributed by atoms with Gasteiger partial charge in [-0.3, -0.25) is 14.4 Å². The minimum absolute atomic E-state index is 0.0698. The molecule has 2 heterocycles. The third kappa shape index (κ3) is 8.05. The highest BCUT2D eigenvalue weighted by Crippen LogP contribution is 2.26. The standard InChI is InChI=1S/C31H41ClN4O3/c1-24(37)35-20-14-27(15-21-35)31(39)36(29-11-6-10-28(32)22-29)17-7-16-34-18-12-26(13-19-34)30(38)33(2)23-25-8-4-3-5-9-25/h3-6,8-11,22,26-27H,7,12-21,23H2,1-2H3. The zero-order chi connectivity index (χ0) is 27.8. The first-order chi connectivity index (χ1) is 18.8. The summed E-state index contributed by atoms with van der Waals surface area (Å²) in [5, 5.41) is 0.612. The van der Waals surface area contributed by atoms with E-state index in [0.717, 1.165) is 50.1 Å². The van der Waals surface area contributed by atoms with Crippen molar-refractivity contribution in [3.63, 3.8) is 0 Å². The van der Waals surface area contributed by atoms with Crippen LogP contribution in [0, 0.1) is 11.8 Å². The van der Waals surface area contributed by atoms with Crippen LogP contribution in [0.3, 0.4) is 0 Å². The third-order valence-corrected chi connectivity index (χ3v) is 8.34. The van der Waals surface area contributed by atoms with Gasteiger partial charge in [0.1, 0.15) is 0 Å². The normalized spacial score (nSPS) is 17.2. The summed E-state index contributed by atoms with van der Waals surface area (Å²) in [4.78, 5) is 46.3. The van der Waals surface area contributed by atoms with Gasteiger partial charge in [0, 0.05) is 62.7 Å². The number of hydrogen-bond donors (Lipinski definition) is 0. The molecule has 39 heavy (non-hydrogen) atoms. The average Bonchev–Trinajstić information content (AvgIpc) is 2.95. The fourth-order valence-corrected chi connectivity index (χ4v) is 5.96. The number of hydrogen-bond acceptors (Lipinski definition) is 4. The number of carbonyl (C=O) groups excluding carboxylic acids is 3. The molecule has 0 unspecified atom stereocenters. The van der Waals surface area contributed by atoms with E-state index in [9.17, 15) is 14.4 Å². The highest BCUT2D eigenvalue weighted by Gasteiger charge is 2.31. The molecular formula is C31H41ClN4O3. The van der Waals surface area contributed by atoms with Crippen LogP contribution in [0.4, 0.5) is 5.69 Å². The van der Waals surface area contributed by atoms with Crippen LogP contribution in [-0.4, -0.2) is 78.7 Å². The third-order valence-electron chi connectivity index (χ3n) is 8.11. The molecule has 2 aromatic carbocycles. The molecule has 0 bridgehead atoms. The van der Waals surface area contributed by atoms with Crippen molar-refractivity contribution in [3.05, 3.63) is 65.2 Å². The second-order valence-electron chi connectivity index (χ2n) is 10.9. The Labute approximate surface area is 237 Å². The molecule has 2 saturated heterocycles. The van der Waals surface area contributed by atoms with Gasteiger partial charge in [0.05, 0.1) is 0 Å². The lowest BCUT2D eigenvalue weighted by molar-refractivity contribution is -0.136. The molecule has 2 aliphatic rings. The second-order valence-corrected chi connectivity index (χ2v) is 11.3. The summed E-state index contributed by atoms with van der Waals surface area (Å²) in [5.41, 5.74) is 1.97. The minimum Gasteiger partial charge on any atom is -0.343 e. The van der Waals surface area contributed by atoms with Crippen molar-refractivity contribution in [2.45, 2.75) is 45.6 Å². The van der Waals surface area contributed by atoms with Gasteiger partial charge in [-0.15, -0.1) is 0 Å². The van der Waals surface area contributed by atoms with Crippen LogP contribution >= 0.6 is 11.6 Å².